The van der Waals surface area contributed by atoms with Crippen LogP contribution >= 0.6 is 0 Å². The Morgan fingerprint density at radius 1 is 1.09 bits per heavy atom. The van der Waals surface area contributed by atoms with Crippen LogP contribution in [0, 0.1) is 11.9 Å². The van der Waals surface area contributed by atoms with Crippen molar-refractivity contribution >= 4 is 20.9 Å². The largest absolute Gasteiger partial charge is 0.381 e. The van der Waals surface area contributed by atoms with Crippen LogP contribution in [0.4, 0.5) is 4.39 Å². The van der Waals surface area contributed by atoms with Gasteiger partial charge < -0.3 is 9.30 Å². The van der Waals surface area contributed by atoms with Crippen LogP contribution in [0.3, 0.4) is 0 Å². The summed E-state index contributed by atoms with van der Waals surface area (Å²) >= 11 is 0. The summed E-state index contributed by atoms with van der Waals surface area (Å²) < 4.78 is 47.4. The number of imidazole rings is 1. The van der Waals surface area contributed by atoms with Crippen LogP contribution in [0.1, 0.15) is 52.3 Å². The number of hydrogen-bond acceptors (Lipinski definition) is 5. The van der Waals surface area contributed by atoms with Gasteiger partial charge in [0.25, 0.3) is 0 Å². The lowest BCUT2D eigenvalue weighted by molar-refractivity contribution is 0.0541. The summed E-state index contributed by atoms with van der Waals surface area (Å²) in [6, 6.07) is 7.25. The number of rotatable bonds is 5. The topological polar surface area (TPSA) is 74.1 Å². The van der Waals surface area contributed by atoms with E-state index in [0.717, 1.165) is 55.8 Å². The lowest BCUT2D eigenvalue weighted by atomic mass is 9.87. The molecule has 2 aromatic heterocycles. The smallest absolute Gasteiger partial charge is 0.214 e. The molecule has 1 saturated carbocycles. The van der Waals surface area contributed by atoms with E-state index in [9.17, 15) is 12.8 Å². The van der Waals surface area contributed by atoms with E-state index in [1.807, 2.05) is 6.07 Å². The molecule has 0 aliphatic heterocycles. The predicted octanol–water partition coefficient (Wildman–Crippen LogP) is 4.91. The zero-order valence-electron chi connectivity index (χ0n) is 19.0. The molecule has 4 rings (SSSR count). The number of aromatic nitrogens is 3. The summed E-state index contributed by atoms with van der Waals surface area (Å²) in [5.74, 6) is 0.642. The molecule has 1 aliphatic rings. The molecule has 0 radical (unpaired) electrons. The van der Waals surface area contributed by atoms with E-state index in [1.165, 1.54) is 6.07 Å². The minimum absolute atomic E-state index is 0.0984. The van der Waals surface area contributed by atoms with Gasteiger partial charge in [0, 0.05) is 31.3 Å². The molecule has 0 saturated heterocycles. The lowest BCUT2D eigenvalue weighted by Crippen LogP contribution is -2.26. The number of nitrogens with zero attached hydrogens (tertiary/aromatic N) is 3. The molecule has 0 atom stereocenters. The van der Waals surface area contributed by atoms with E-state index in [0.29, 0.717) is 17.5 Å². The van der Waals surface area contributed by atoms with Crippen molar-refractivity contribution in [1.82, 2.24) is 14.5 Å². The van der Waals surface area contributed by atoms with Crippen LogP contribution in [0.25, 0.3) is 11.0 Å². The standard InChI is InChI=1S/C24H30FN3O3S/c1-24(2,3)23-27-20-13-18(32(29,30)19-11-12-26-22(25)14-19)9-10-21(20)28(23)15-16-5-7-17(31-4)8-6-16/h9-14,16-17H,5-8,15H2,1-4H3/t16-,17-. The highest BCUT2D eigenvalue weighted by Gasteiger charge is 2.28. The number of halogens is 1. The number of hydrogen-bond donors (Lipinski definition) is 0. The first-order valence-corrected chi connectivity index (χ1v) is 12.5. The third-order valence-corrected chi connectivity index (χ3v) is 8.03. The average Bonchev–Trinajstić information content (AvgIpc) is 3.12. The molecular weight excluding hydrogens is 429 g/mol. The van der Waals surface area contributed by atoms with Crippen LogP contribution in [0.15, 0.2) is 46.3 Å². The van der Waals surface area contributed by atoms with E-state index in [2.05, 4.69) is 30.3 Å². The van der Waals surface area contributed by atoms with Gasteiger partial charge in [0.1, 0.15) is 5.82 Å². The first-order chi connectivity index (χ1) is 15.1. The molecule has 6 nitrogen and oxygen atoms in total. The van der Waals surface area contributed by atoms with Gasteiger partial charge in [-0.1, -0.05) is 20.8 Å². The molecule has 8 heteroatoms. The summed E-state index contributed by atoms with van der Waals surface area (Å²) in [5, 5.41) is 0. The van der Waals surface area contributed by atoms with Gasteiger partial charge >= 0.3 is 0 Å². The van der Waals surface area contributed by atoms with Gasteiger partial charge in [0.05, 0.1) is 26.9 Å². The fourth-order valence-electron chi connectivity index (χ4n) is 4.53. The van der Waals surface area contributed by atoms with E-state index in [-0.39, 0.29) is 15.2 Å². The normalized spacial score (nSPS) is 20.0. The SMILES string of the molecule is CO[C@H]1CC[C@H](Cn2c(C(C)(C)C)nc3cc(S(=O)(=O)c4ccnc(F)c4)ccc32)CC1. The van der Waals surface area contributed by atoms with Crippen molar-refractivity contribution in [2.75, 3.05) is 7.11 Å². The van der Waals surface area contributed by atoms with Crippen molar-refractivity contribution in [2.45, 2.75) is 74.3 Å². The Hall–Kier alpha value is -2.32. The maximum atomic E-state index is 13.5. The molecule has 1 aliphatic carbocycles. The second-order valence-corrected chi connectivity index (χ2v) is 11.6. The van der Waals surface area contributed by atoms with E-state index < -0.39 is 15.8 Å². The minimum atomic E-state index is -3.87. The third-order valence-electron chi connectivity index (χ3n) is 6.28. The van der Waals surface area contributed by atoms with Crippen LogP contribution in [0.2, 0.25) is 0 Å². The molecule has 32 heavy (non-hydrogen) atoms. The molecule has 3 aromatic rings. The predicted molar refractivity (Wildman–Crippen MR) is 121 cm³/mol. The second-order valence-electron chi connectivity index (χ2n) is 9.64. The Morgan fingerprint density at radius 3 is 2.41 bits per heavy atom. The van der Waals surface area contributed by atoms with Crippen molar-refractivity contribution in [1.29, 1.82) is 0 Å². The van der Waals surface area contributed by atoms with Crippen LogP contribution in [-0.4, -0.2) is 36.2 Å². The van der Waals surface area contributed by atoms with Gasteiger partial charge in [-0.3, -0.25) is 0 Å². The summed E-state index contributed by atoms with van der Waals surface area (Å²) in [4.78, 5) is 8.29. The van der Waals surface area contributed by atoms with E-state index >= 15 is 0 Å². The average molecular weight is 460 g/mol. The molecule has 172 valence electrons. The Bertz CT molecular complexity index is 1220. The molecule has 0 amide bonds. The number of ether oxygens (including phenoxy) is 1. The number of sulfone groups is 1. The molecule has 0 unspecified atom stereocenters. The van der Waals surface area contributed by atoms with Gasteiger partial charge in [-0.15, -0.1) is 0 Å². The van der Waals surface area contributed by atoms with Crippen molar-refractivity contribution < 1.29 is 17.5 Å². The van der Waals surface area contributed by atoms with Gasteiger partial charge in [0.15, 0.2) is 0 Å². The number of methoxy groups -OCH3 is 1. The zero-order valence-corrected chi connectivity index (χ0v) is 19.8. The summed E-state index contributed by atoms with van der Waals surface area (Å²) in [5.41, 5.74) is 1.36. The first-order valence-electron chi connectivity index (χ1n) is 11.0. The fourth-order valence-corrected chi connectivity index (χ4v) is 5.81. The quantitative estimate of drug-likeness (QED) is 0.507. The van der Waals surface area contributed by atoms with Crippen LogP contribution in [-0.2, 0) is 26.5 Å². The molecule has 0 spiro atoms. The summed E-state index contributed by atoms with van der Waals surface area (Å²) in [7, 11) is -2.10. The number of pyridine rings is 1. The highest BCUT2D eigenvalue weighted by Crippen LogP contribution is 2.33. The second kappa shape index (κ2) is 8.56. The lowest BCUT2D eigenvalue weighted by Gasteiger charge is -2.29. The van der Waals surface area contributed by atoms with Crippen LogP contribution < -0.4 is 0 Å². The Balaban J connectivity index is 1.73. The number of benzene rings is 1. The van der Waals surface area contributed by atoms with E-state index in [1.54, 1.807) is 19.2 Å². The van der Waals surface area contributed by atoms with Crippen molar-refractivity contribution in [3.05, 3.63) is 48.3 Å². The highest BCUT2D eigenvalue weighted by molar-refractivity contribution is 7.91. The molecule has 0 bridgehead atoms. The Kier molecular flexibility index (Phi) is 6.11. The molecule has 1 fully saturated rings. The maximum absolute atomic E-state index is 13.5. The highest BCUT2D eigenvalue weighted by atomic mass is 32.2. The van der Waals surface area contributed by atoms with Gasteiger partial charge in [-0.2, -0.15) is 4.39 Å². The number of fused-ring (bicyclic) bond motifs is 1. The Morgan fingerprint density at radius 2 is 1.78 bits per heavy atom. The molecule has 0 N–H and O–H groups in total. The zero-order chi connectivity index (χ0) is 23.1. The monoisotopic (exact) mass is 459 g/mol. The van der Waals surface area contributed by atoms with Crippen molar-refractivity contribution in [3.8, 4) is 0 Å². The Labute approximate surface area is 188 Å². The molecule has 1 aromatic carbocycles. The third kappa shape index (κ3) is 4.43. The fraction of sp³-hybridized carbons (Fsp3) is 0.500. The maximum Gasteiger partial charge on any atom is 0.214 e. The first kappa shape index (κ1) is 22.9. The summed E-state index contributed by atoms with van der Waals surface area (Å²) in [6.45, 7) is 7.19. The van der Waals surface area contributed by atoms with Crippen LogP contribution in [0.5, 0.6) is 0 Å². The van der Waals surface area contributed by atoms with Gasteiger partial charge in [0.2, 0.25) is 15.8 Å². The van der Waals surface area contributed by atoms with Gasteiger partial charge in [-0.25, -0.2) is 18.4 Å². The van der Waals surface area contributed by atoms with E-state index in [4.69, 9.17) is 9.72 Å². The molecular formula is C24H30FN3O3S. The summed E-state index contributed by atoms with van der Waals surface area (Å²) in [6.07, 6.45) is 5.82. The minimum Gasteiger partial charge on any atom is -0.381 e. The van der Waals surface area contributed by atoms with Crippen molar-refractivity contribution in [2.24, 2.45) is 5.92 Å². The molecule has 2 heterocycles. The van der Waals surface area contributed by atoms with Gasteiger partial charge in [-0.05, 0) is 55.9 Å². The van der Waals surface area contributed by atoms with Crippen molar-refractivity contribution in [3.63, 3.8) is 0 Å².